The number of para-hydroxylation sites is 2. The molecule has 2 aromatic heterocycles. The molecule has 2 heteroatoms. The highest BCUT2D eigenvalue weighted by molar-refractivity contribution is 6.30. The second-order valence-electron chi connectivity index (χ2n) is 17.9. The molecule has 0 saturated heterocycles. The van der Waals surface area contributed by atoms with E-state index in [9.17, 15) is 0 Å². The Labute approximate surface area is 375 Å². The van der Waals surface area contributed by atoms with Crippen molar-refractivity contribution in [2.45, 2.75) is 65.5 Å². The molecule has 12 aromatic rings. The molecule has 0 aliphatic rings. The van der Waals surface area contributed by atoms with E-state index >= 15 is 0 Å². The van der Waals surface area contributed by atoms with Crippen molar-refractivity contribution in [3.8, 4) is 33.4 Å². The van der Waals surface area contributed by atoms with Crippen LogP contribution in [-0.2, 0) is 13.1 Å². The van der Waals surface area contributed by atoms with Crippen LogP contribution in [0.4, 0.5) is 0 Å². The van der Waals surface area contributed by atoms with Crippen LogP contribution in [0, 0.1) is 0 Å². The molecule has 64 heavy (non-hydrogen) atoms. The lowest BCUT2D eigenvalue weighted by atomic mass is 9.81. The van der Waals surface area contributed by atoms with Gasteiger partial charge in [0.15, 0.2) is 0 Å². The van der Waals surface area contributed by atoms with Gasteiger partial charge in [-0.2, -0.15) is 0 Å². The Morgan fingerprint density at radius 1 is 0.266 bits per heavy atom. The zero-order valence-corrected chi connectivity index (χ0v) is 36.9. The highest BCUT2D eigenvalue weighted by atomic mass is 15.0. The van der Waals surface area contributed by atoms with Crippen LogP contribution in [0.1, 0.15) is 52.4 Å². The van der Waals surface area contributed by atoms with E-state index in [1.54, 1.807) is 0 Å². The highest BCUT2D eigenvalue weighted by Gasteiger charge is 2.23. The summed E-state index contributed by atoms with van der Waals surface area (Å²) in [7, 11) is 0. The molecular weight excluding hydrogens is 773 g/mol. The summed E-state index contributed by atoms with van der Waals surface area (Å²) in [4.78, 5) is 0. The van der Waals surface area contributed by atoms with E-state index in [2.05, 4.69) is 205 Å². The molecular formula is C62H52N2. The second kappa shape index (κ2) is 15.9. The number of aromatic nitrogens is 2. The number of benzene rings is 10. The van der Waals surface area contributed by atoms with Gasteiger partial charge in [0.25, 0.3) is 0 Å². The van der Waals surface area contributed by atoms with Crippen molar-refractivity contribution in [3.63, 3.8) is 0 Å². The van der Waals surface area contributed by atoms with Gasteiger partial charge in [0.2, 0.25) is 0 Å². The normalized spacial score (nSPS) is 12.1. The van der Waals surface area contributed by atoms with Gasteiger partial charge in [0, 0.05) is 56.7 Å². The fourth-order valence-electron chi connectivity index (χ4n) is 11.4. The third-order valence-corrected chi connectivity index (χ3v) is 14.2. The number of hydrogen-bond donors (Lipinski definition) is 0. The van der Waals surface area contributed by atoms with Crippen molar-refractivity contribution in [1.29, 1.82) is 0 Å². The van der Waals surface area contributed by atoms with Crippen LogP contribution >= 0.6 is 0 Å². The van der Waals surface area contributed by atoms with E-state index in [1.807, 2.05) is 0 Å². The molecule has 0 aliphatic carbocycles. The molecule has 0 unspecified atom stereocenters. The predicted octanol–water partition coefficient (Wildman–Crippen LogP) is 17.9. The molecule has 10 aromatic carbocycles. The number of hydrogen-bond acceptors (Lipinski definition) is 0. The molecule has 0 amide bonds. The summed E-state index contributed by atoms with van der Waals surface area (Å²) >= 11 is 0. The second-order valence-corrected chi connectivity index (χ2v) is 17.9. The Hall–Kier alpha value is -7.16. The molecule has 0 N–H and O–H groups in total. The smallest absolute Gasteiger partial charge is 0.0491 e. The standard InChI is InChI=1S/C62H52N2/c1-3-5-19-37-63-55-31-17-15-21-43(55)53-39-41(33-35-57(53)63)59-45-23-7-11-27-49(45)61(50-28-12-8-24-46(50)59)62-51-29-13-9-25-47(51)60(48-26-10-14-30-52(48)62)42-34-36-58-54(40-42)44-22-16-18-32-56(44)64(58)38-20-6-4-2/h7-18,21-36,39-40H,3-6,19-20,37-38H2,1-2H3. The van der Waals surface area contributed by atoms with Gasteiger partial charge in [-0.25, -0.2) is 0 Å². The number of fused-ring (bicyclic) bond motifs is 10. The van der Waals surface area contributed by atoms with E-state index in [0.29, 0.717) is 0 Å². The highest BCUT2D eigenvalue weighted by Crippen LogP contribution is 2.51. The van der Waals surface area contributed by atoms with Crippen molar-refractivity contribution < 1.29 is 0 Å². The Morgan fingerprint density at radius 2 is 0.547 bits per heavy atom. The van der Waals surface area contributed by atoms with Crippen LogP contribution in [0.3, 0.4) is 0 Å². The van der Waals surface area contributed by atoms with Gasteiger partial charge >= 0.3 is 0 Å². The first kappa shape index (κ1) is 38.5. The molecule has 2 nitrogen and oxygen atoms in total. The molecule has 310 valence electrons. The summed E-state index contributed by atoms with van der Waals surface area (Å²) in [6, 6.07) is 69.1. The van der Waals surface area contributed by atoms with Gasteiger partial charge in [-0.3, -0.25) is 0 Å². The van der Waals surface area contributed by atoms with E-state index in [4.69, 9.17) is 0 Å². The van der Waals surface area contributed by atoms with E-state index in [-0.39, 0.29) is 0 Å². The fourth-order valence-corrected chi connectivity index (χ4v) is 11.4. The molecule has 0 bridgehead atoms. The van der Waals surface area contributed by atoms with Crippen LogP contribution in [0.2, 0.25) is 0 Å². The van der Waals surface area contributed by atoms with Gasteiger partial charge in [-0.1, -0.05) is 185 Å². The maximum atomic E-state index is 2.55. The summed E-state index contributed by atoms with van der Waals surface area (Å²) in [5, 5.41) is 15.5. The zero-order valence-electron chi connectivity index (χ0n) is 36.9. The number of unbranched alkanes of at least 4 members (excludes halogenated alkanes) is 4. The molecule has 0 fully saturated rings. The third kappa shape index (κ3) is 5.99. The Balaban J connectivity index is 1.11. The van der Waals surface area contributed by atoms with E-state index in [0.717, 1.165) is 13.1 Å². The number of rotatable bonds is 11. The quantitative estimate of drug-likeness (QED) is 0.0908. The van der Waals surface area contributed by atoms with Crippen molar-refractivity contribution in [1.82, 2.24) is 9.13 Å². The lowest BCUT2D eigenvalue weighted by molar-refractivity contribution is 0.627. The van der Waals surface area contributed by atoms with Crippen LogP contribution in [0.15, 0.2) is 182 Å². The van der Waals surface area contributed by atoms with Gasteiger partial charge in [0.1, 0.15) is 0 Å². The first-order valence-corrected chi connectivity index (χ1v) is 23.6. The number of nitrogens with zero attached hydrogens (tertiary/aromatic N) is 2. The van der Waals surface area contributed by atoms with E-state index in [1.165, 1.54) is 159 Å². The minimum Gasteiger partial charge on any atom is -0.340 e. The monoisotopic (exact) mass is 824 g/mol. The minimum atomic E-state index is 1.04. The molecule has 0 radical (unpaired) electrons. The molecule has 12 rings (SSSR count). The largest absolute Gasteiger partial charge is 0.340 e. The summed E-state index contributed by atoms with van der Waals surface area (Å²) in [5.74, 6) is 0. The molecule has 0 aliphatic heterocycles. The van der Waals surface area contributed by atoms with Crippen LogP contribution < -0.4 is 0 Å². The first-order chi connectivity index (χ1) is 31.7. The predicted molar refractivity (Wildman–Crippen MR) is 278 cm³/mol. The topological polar surface area (TPSA) is 9.86 Å². The number of aryl methyl sites for hydroxylation is 2. The van der Waals surface area contributed by atoms with Crippen LogP contribution in [-0.4, -0.2) is 9.13 Å². The average molecular weight is 825 g/mol. The van der Waals surface area contributed by atoms with Crippen LogP contribution in [0.5, 0.6) is 0 Å². The lowest BCUT2D eigenvalue weighted by Gasteiger charge is -2.22. The summed E-state index contributed by atoms with van der Waals surface area (Å²) in [6.45, 7) is 6.65. The Morgan fingerprint density at radius 3 is 0.875 bits per heavy atom. The van der Waals surface area contributed by atoms with Crippen LogP contribution in [0.25, 0.3) is 120 Å². The maximum Gasteiger partial charge on any atom is 0.0491 e. The molecule has 0 atom stereocenters. The Kier molecular flexibility index (Phi) is 9.55. The van der Waals surface area contributed by atoms with Crippen molar-refractivity contribution in [2.75, 3.05) is 0 Å². The van der Waals surface area contributed by atoms with E-state index < -0.39 is 0 Å². The first-order valence-electron chi connectivity index (χ1n) is 23.6. The lowest BCUT2D eigenvalue weighted by Crippen LogP contribution is -1.97. The summed E-state index contributed by atoms with van der Waals surface area (Å²) < 4.78 is 5.10. The third-order valence-electron chi connectivity index (χ3n) is 14.2. The molecule has 0 spiro atoms. The van der Waals surface area contributed by atoms with Crippen molar-refractivity contribution >= 4 is 86.7 Å². The molecule has 2 heterocycles. The maximum absolute atomic E-state index is 2.55. The van der Waals surface area contributed by atoms with Gasteiger partial charge < -0.3 is 9.13 Å². The Bertz CT molecular complexity index is 3400. The average Bonchev–Trinajstić information content (AvgIpc) is 3.84. The minimum absolute atomic E-state index is 1.04. The van der Waals surface area contributed by atoms with Crippen molar-refractivity contribution in [2.24, 2.45) is 0 Å². The SMILES string of the molecule is CCCCCn1c2ccccc2c2cc(-c3c4ccccc4c(-c4c5ccccc5c(-c5ccc6c(c5)c5ccccc5n6CCCCC)c5ccccc45)c4ccccc34)ccc21. The van der Waals surface area contributed by atoms with Gasteiger partial charge in [-0.15, -0.1) is 0 Å². The summed E-state index contributed by atoms with van der Waals surface area (Å²) in [5.41, 5.74) is 13.0. The fraction of sp³-hybridized carbons (Fsp3) is 0.161. The van der Waals surface area contributed by atoms with Gasteiger partial charge in [-0.05, 0) is 126 Å². The zero-order chi connectivity index (χ0) is 42.7. The van der Waals surface area contributed by atoms with Crippen molar-refractivity contribution in [3.05, 3.63) is 182 Å². The van der Waals surface area contributed by atoms with Gasteiger partial charge in [0.05, 0.1) is 0 Å². The molecule has 0 saturated carbocycles. The summed E-state index contributed by atoms with van der Waals surface area (Å²) in [6.07, 6.45) is 7.29.